The molecule has 0 fully saturated rings. The van der Waals surface area contributed by atoms with Crippen LogP contribution in [0.5, 0.6) is 5.75 Å². The molecule has 17 heavy (non-hydrogen) atoms. The van der Waals surface area contributed by atoms with E-state index in [1.54, 1.807) is 12.1 Å². The van der Waals surface area contributed by atoms with Crippen molar-refractivity contribution in [3.8, 4) is 5.75 Å². The fourth-order valence-electron chi connectivity index (χ4n) is 1.38. The van der Waals surface area contributed by atoms with Gasteiger partial charge < -0.3 is 10.1 Å². The van der Waals surface area contributed by atoms with E-state index in [1.807, 2.05) is 20.0 Å². The van der Waals surface area contributed by atoms with E-state index in [1.165, 1.54) is 12.1 Å². The second-order valence-electron chi connectivity index (χ2n) is 3.64. The average Bonchev–Trinajstić information content (AvgIpc) is 2.19. The number of rotatable bonds is 4. The van der Waals surface area contributed by atoms with Crippen molar-refractivity contribution in [1.82, 2.24) is 5.32 Å². The normalized spacial score (nSPS) is 12.6. The van der Waals surface area contributed by atoms with E-state index in [4.69, 9.17) is 0 Å². The summed E-state index contributed by atoms with van der Waals surface area (Å²) in [6.45, 7) is 2.68. The van der Waals surface area contributed by atoms with Crippen LogP contribution in [0, 0.1) is 0 Å². The van der Waals surface area contributed by atoms with Crippen LogP contribution in [0.4, 0.5) is 13.2 Å². The third-order valence-electron chi connectivity index (χ3n) is 1.98. The largest absolute Gasteiger partial charge is 0.573 e. The van der Waals surface area contributed by atoms with Gasteiger partial charge in [0.05, 0.1) is 0 Å². The van der Waals surface area contributed by atoms with Crippen LogP contribution in [0.25, 0.3) is 6.08 Å². The number of likely N-dealkylation sites (N-methyl/N-ethyl adjacent to an activating group) is 1. The summed E-state index contributed by atoms with van der Waals surface area (Å²) in [5.41, 5.74) is 1.93. The van der Waals surface area contributed by atoms with Gasteiger partial charge in [-0.3, -0.25) is 0 Å². The zero-order valence-corrected chi connectivity index (χ0v) is 9.64. The Morgan fingerprint density at radius 1 is 1.29 bits per heavy atom. The molecule has 0 bridgehead atoms. The second kappa shape index (κ2) is 5.72. The summed E-state index contributed by atoms with van der Waals surface area (Å²) in [5, 5.41) is 2.99. The van der Waals surface area contributed by atoms with Gasteiger partial charge in [-0.15, -0.1) is 13.2 Å². The minimum atomic E-state index is -4.64. The molecule has 0 saturated heterocycles. The van der Waals surface area contributed by atoms with Gasteiger partial charge in [0.15, 0.2) is 0 Å². The summed E-state index contributed by atoms with van der Waals surface area (Å²) < 4.78 is 39.5. The molecule has 0 aromatic heterocycles. The lowest BCUT2D eigenvalue weighted by Crippen LogP contribution is -2.16. The van der Waals surface area contributed by atoms with Gasteiger partial charge in [-0.25, -0.2) is 0 Å². The van der Waals surface area contributed by atoms with E-state index in [-0.39, 0.29) is 5.75 Å². The molecule has 0 amide bonds. The van der Waals surface area contributed by atoms with Gasteiger partial charge in [0.2, 0.25) is 0 Å². The molecule has 0 saturated carbocycles. The number of benzene rings is 1. The van der Waals surface area contributed by atoms with Crippen LogP contribution in [0.15, 0.2) is 29.8 Å². The van der Waals surface area contributed by atoms with Gasteiger partial charge in [-0.1, -0.05) is 23.8 Å². The van der Waals surface area contributed by atoms with Crippen molar-refractivity contribution in [3.63, 3.8) is 0 Å². The molecule has 0 aliphatic rings. The molecule has 1 rings (SSSR count). The number of hydrogen-bond acceptors (Lipinski definition) is 2. The molecule has 5 heteroatoms. The van der Waals surface area contributed by atoms with Gasteiger partial charge in [0, 0.05) is 6.54 Å². The second-order valence-corrected chi connectivity index (χ2v) is 3.64. The van der Waals surface area contributed by atoms with Crippen LogP contribution < -0.4 is 10.1 Å². The topological polar surface area (TPSA) is 21.3 Å². The van der Waals surface area contributed by atoms with Crippen molar-refractivity contribution in [2.75, 3.05) is 13.6 Å². The first-order valence-electron chi connectivity index (χ1n) is 5.08. The van der Waals surface area contributed by atoms with Crippen LogP contribution in [0.1, 0.15) is 12.5 Å². The van der Waals surface area contributed by atoms with Crippen LogP contribution in [0.2, 0.25) is 0 Å². The zero-order chi connectivity index (χ0) is 12.9. The van der Waals surface area contributed by atoms with Crippen LogP contribution in [-0.2, 0) is 0 Å². The molecular formula is C12H14F3NO. The Kier molecular flexibility index (Phi) is 4.57. The zero-order valence-electron chi connectivity index (χ0n) is 9.64. The smallest absolute Gasteiger partial charge is 0.406 e. The van der Waals surface area contributed by atoms with E-state index in [9.17, 15) is 13.2 Å². The summed E-state index contributed by atoms with van der Waals surface area (Å²) in [5.74, 6) is -0.207. The first-order valence-corrected chi connectivity index (χ1v) is 5.08. The van der Waals surface area contributed by atoms with E-state index in [2.05, 4.69) is 10.1 Å². The third-order valence-corrected chi connectivity index (χ3v) is 1.98. The fraction of sp³-hybridized carbons (Fsp3) is 0.333. The van der Waals surface area contributed by atoms with Crippen molar-refractivity contribution >= 4 is 6.08 Å². The maximum atomic E-state index is 11.9. The molecule has 0 heterocycles. The van der Waals surface area contributed by atoms with Crippen molar-refractivity contribution < 1.29 is 17.9 Å². The highest BCUT2D eigenvalue weighted by molar-refractivity contribution is 5.53. The molecule has 0 atom stereocenters. The monoisotopic (exact) mass is 245 g/mol. The van der Waals surface area contributed by atoms with Crippen LogP contribution >= 0.6 is 0 Å². The Labute approximate surface area is 98.1 Å². The number of hydrogen-bond donors (Lipinski definition) is 1. The van der Waals surface area contributed by atoms with E-state index >= 15 is 0 Å². The summed E-state index contributed by atoms with van der Waals surface area (Å²) in [7, 11) is 1.83. The van der Waals surface area contributed by atoms with E-state index in [0.29, 0.717) is 0 Å². The number of halogens is 3. The number of ether oxygens (including phenoxy) is 1. The molecule has 1 aromatic carbocycles. The summed E-state index contributed by atoms with van der Waals surface area (Å²) >= 11 is 0. The molecule has 0 aliphatic carbocycles. The van der Waals surface area contributed by atoms with Crippen molar-refractivity contribution in [1.29, 1.82) is 0 Å². The number of alkyl halides is 3. The Morgan fingerprint density at radius 3 is 2.35 bits per heavy atom. The van der Waals surface area contributed by atoms with Gasteiger partial charge in [0.25, 0.3) is 0 Å². The maximum Gasteiger partial charge on any atom is 0.573 e. The highest BCUT2D eigenvalue weighted by Crippen LogP contribution is 2.23. The van der Waals surface area contributed by atoms with Gasteiger partial charge in [0.1, 0.15) is 5.75 Å². The Bertz CT molecular complexity index is 382. The summed E-state index contributed by atoms with van der Waals surface area (Å²) in [6, 6.07) is 5.76. The third kappa shape index (κ3) is 5.40. The first-order chi connectivity index (χ1) is 7.90. The van der Waals surface area contributed by atoms with Crippen molar-refractivity contribution in [3.05, 3.63) is 35.4 Å². The molecule has 94 valence electrons. The van der Waals surface area contributed by atoms with Crippen LogP contribution in [-0.4, -0.2) is 20.0 Å². The average molecular weight is 245 g/mol. The highest BCUT2D eigenvalue weighted by atomic mass is 19.4. The summed E-state index contributed by atoms with van der Waals surface area (Å²) in [6.07, 6.45) is -2.74. The quantitative estimate of drug-likeness (QED) is 0.879. The van der Waals surface area contributed by atoms with Crippen molar-refractivity contribution in [2.24, 2.45) is 0 Å². The Balaban J connectivity index is 2.71. The molecule has 0 aliphatic heterocycles. The lowest BCUT2D eigenvalue weighted by Gasteiger charge is -2.08. The van der Waals surface area contributed by atoms with E-state index < -0.39 is 6.36 Å². The number of nitrogens with one attached hydrogen (secondary N) is 1. The molecule has 2 nitrogen and oxygen atoms in total. The lowest BCUT2D eigenvalue weighted by atomic mass is 10.1. The first kappa shape index (κ1) is 13.6. The van der Waals surface area contributed by atoms with E-state index in [0.717, 1.165) is 17.7 Å². The van der Waals surface area contributed by atoms with Crippen molar-refractivity contribution in [2.45, 2.75) is 13.3 Å². The minimum Gasteiger partial charge on any atom is -0.406 e. The highest BCUT2D eigenvalue weighted by Gasteiger charge is 2.30. The standard InChI is InChI=1S/C12H14F3NO/c1-9(8-16-2)7-10-3-5-11(6-4-10)17-12(13,14)15/h3-7,16H,8H2,1-2H3. The Hall–Kier alpha value is -1.49. The fourth-order valence-corrected chi connectivity index (χ4v) is 1.38. The van der Waals surface area contributed by atoms with Crippen LogP contribution in [0.3, 0.4) is 0 Å². The lowest BCUT2D eigenvalue weighted by molar-refractivity contribution is -0.274. The summed E-state index contributed by atoms with van der Waals surface area (Å²) in [4.78, 5) is 0. The van der Waals surface area contributed by atoms with Gasteiger partial charge in [-0.05, 0) is 31.7 Å². The van der Waals surface area contributed by atoms with Gasteiger partial charge in [-0.2, -0.15) is 0 Å². The molecular weight excluding hydrogens is 231 g/mol. The maximum absolute atomic E-state index is 11.9. The Morgan fingerprint density at radius 2 is 1.88 bits per heavy atom. The predicted octanol–water partition coefficient (Wildman–Crippen LogP) is 3.21. The predicted molar refractivity (Wildman–Crippen MR) is 60.7 cm³/mol. The van der Waals surface area contributed by atoms with Gasteiger partial charge >= 0.3 is 6.36 Å². The SMILES string of the molecule is CNCC(C)=Cc1ccc(OC(F)(F)F)cc1. The molecule has 0 radical (unpaired) electrons. The molecule has 1 aromatic rings. The minimum absolute atomic E-state index is 0.207. The molecule has 0 spiro atoms. The molecule has 1 N–H and O–H groups in total. The molecule has 0 unspecified atom stereocenters.